The number of hydrogen-bond acceptors (Lipinski definition) is 0. The molecule has 0 bridgehead atoms. The van der Waals surface area contributed by atoms with Crippen molar-refractivity contribution in [2.75, 3.05) is 0 Å². The first kappa shape index (κ1) is 16.0. The molecule has 0 heterocycles. The first-order valence-electron chi connectivity index (χ1n) is 7.63. The van der Waals surface area contributed by atoms with Crippen molar-refractivity contribution in [1.82, 2.24) is 0 Å². The third-order valence-electron chi connectivity index (χ3n) is 3.31. The Morgan fingerprint density at radius 1 is 0.438 bits per heavy atom. The van der Waals surface area contributed by atoms with Gasteiger partial charge in [-0.05, 0) is 11.8 Å². The van der Waals surface area contributed by atoms with Gasteiger partial charge in [0.05, 0.1) is 0 Å². The maximum absolute atomic E-state index is 2.33. The molecule has 0 atom stereocenters. The highest BCUT2D eigenvalue weighted by molar-refractivity contribution is 4.51. The number of rotatable bonds is 11. The Kier molecular flexibility index (Phi) is 11.5. The second-order valence-electron chi connectivity index (χ2n) is 6.19. The van der Waals surface area contributed by atoms with Crippen LogP contribution in [0.3, 0.4) is 0 Å². The lowest BCUT2D eigenvalue weighted by Gasteiger charge is -2.05. The molecule has 0 spiro atoms. The van der Waals surface area contributed by atoms with Crippen LogP contribution in [-0.2, 0) is 0 Å². The van der Waals surface area contributed by atoms with Gasteiger partial charge in [-0.25, -0.2) is 0 Å². The summed E-state index contributed by atoms with van der Waals surface area (Å²) in [6.45, 7) is 9.31. The van der Waals surface area contributed by atoms with Crippen LogP contribution in [0, 0.1) is 11.8 Å². The Labute approximate surface area is 104 Å². The maximum Gasteiger partial charge on any atom is -0.0471 e. The van der Waals surface area contributed by atoms with Gasteiger partial charge in [-0.15, -0.1) is 0 Å². The molecule has 0 aliphatic carbocycles. The molecule has 0 N–H and O–H groups in total. The third kappa shape index (κ3) is 14.0. The summed E-state index contributed by atoms with van der Waals surface area (Å²) >= 11 is 0. The summed E-state index contributed by atoms with van der Waals surface area (Å²) in [5.41, 5.74) is 0. The Balaban J connectivity index is 2.93. The second-order valence-corrected chi connectivity index (χ2v) is 6.19. The van der Waals surface area contributed by atoms with Gasteiger partial charge in [0.1, 0.15) is 0 Å². The van der Waals surface area contributed by atoms with E-state index < -0.39 is 0 Å². The average molecular weight is 226 g/mol. The van der Waals surface area contributed by atoms with Crippen LogP contribution in [0.5, 0.6) is 0 Å². The van der Waals surface area contributed by atoms with Crippen molar-refractivity contribution < 1.29 is 0 Å². The quantitative estimate of drug-likeness (QED) is 0.368. The van der Waals surface area contributed by atoms with E-state index in [1.807, 2.05) is 0 Å². The molecule has 0 aliphatic rings. The average Bonchev–Trinajstić information content (AvgIpc) is 2.20. The lowest BCUT2D eigenvalue weighted by Crippen LogP contribution is -1.88. The molecular formula is C16H34. The zero-order valence-corrected chi connectivity index (χ0v) is 12.2. The van der Waals surface area contributed by atoms with Crippen LogP contribution >= 0.6 is 0 Å². The topological polar surface area (TPSA) is 0 Å². The largest absolute Gasteiger partial charge is 0.0628 e. The predicted octanol–water partition coefficient (Wildman–Crippen LogP) is 6.20. The van der Waals surface area contributed by atoms with E-state index in [4.69, 9.17) is 0 Å². The molecule has 0 amide bonds. The smallest absolute Gasteiger partial charge is 0.0471 e. The molecule has 0 aliphatic heterocycles. The first-order valence-corrected chi connectivity index (χ1v) is 7.63. The maximum atomic E-state index is 2.33. The van der Waals surface area contributed by atoms with Gasteiger partial charge in [0.2, 0.25) is 0 Å². The van der Waals surface area contributed by atoms with Crippen LogP contribution in [0.15, 0.2) is 0 Å². The van der Waals surface area contributed by atoms with E-state index in [0.717, 1.165) is 11.8 Å². The van der Waals surface area contributed by atoms with Crippen molar-refractivity contribution in [3.63, 3.8) is 0 Å². The van der Waals surface area contributed by atoms with Gasteiger partial charge >= 0.3 is 0 Å². The van der Waals surface area contributed by atoms with Crippen molar-refractivity contribution in [3.8, 4) is 0 Å². The van der Waals surface area contributed by atoms with Crippen LogP contribution in [0.1, 0.15) is 91.9 Å². The van der Waals surface area contributed by atoms with Crippen molar-refractivity contribution in [2.45, 2.75) is 91.9 Å². The van der Waals surface area contributed by atoms with Gasteiger partial charge < -0.3 is 0 Å². The minimum atomic E-state index is 0.899. The summed E-state index contributed by atoms with van der Waals surface area (Å²) in [5, 5.41) is 0. The van der Waals surface area contributed by atoms with Crippen molar-refractivity contribution >= 4 is 0 Å². The molecule has 16 heavy (non-hydrogen) atoms. The molecule has 0 heteroatoms. The lowest BCUT2D eigenvalue weighted by atomic mass is 10.0. The van der Waals surface area contributed by atoms with Crippen LogP contribution < -0.4 is 0 Å². The van der Waals surface area contributed by atoms with E-state index in [2.05, 4.69) is 27.7 Å². The molecule has 0 fully saturated rings. The summed E-state index contributed by atoms with van der Waals surface area (Å²) in [6.07, 6.45) is 14.6. The minimum absolute atomic E-state index is 0.899. The molecule has 0 aromatic rings. The van der Waals surface area contributed by atoms with Crippen molar-refractivity contribution in [1.29, 1.82) is 0 Å². The molecule has 0 nitrogen and oxygen atoms in total. The van der Waals surface area contributed by atoms with Crippen molar-refractivity contribution in [2.24, 2.45) is 11.8 Å². The normalized spacial score (nSPS) is 11.6. The number of hydrogen-bond donors (Lipinski definition) is 0. The molecule has 0 saturated heterocycles. The fraction of sp³-hybridized carbons (Fsp3) is 1.00. The highest BCUT2D eigenvalue weighted by Gasteiger charge is 1.96. The van der Waals surface area contributed by atoms with E-state index >= 15 is 0 Å². The van der Waals surface area contributed by atoms with Gasteiger partial charge in [-0.3, -0.25) is 0 Å². The van der Waals surface area contributed by atoms with Crippen LogP contribution in [0.4, 0.5) is 0 Å². The van der Waals surface area contributed by atoms with Gasteiger partial charge in [-0.2, -0.15) is 0 Å². The molecule has 0 aromatic carbocycles. The van der Waals surface area contributed by atoms with Crippen LogP contribution in [-0.4, -0.2) is 0 Å². The van der Waals surface area contributed by atoms with E-state index in [1.165, 1.54) is 64.2 Å². The van der Waals surface area contributed by atoms with Crippen LogP contribution in [0.25, 0.3) is 0 Å². The van der Waals surface area contributed by atoms with Gasteiger partial charge in [0.15, 0.2) is 0 Å². The molecule has 0 aromatic heterocycles. The molecule has 0 saturated carbocycles. The standard InChI is InChI=1S/C16H34/c1-15(2)13-11-9-7-5-6-8-10-12-14-16(3)4/h15-16H,5-14H2,1-4H3. The monoisotopic (exact) mass is 226 g/mol. The Morgan fingerprint density at radius 2 is 0.688 bits per heavy atom. The Bertz CT molecular complexity index is 108. The van der Waals surface area contributed by atoms with Crippen LogP contribution in [0.2, 0.25) is 0 Å². The molecule has 0 radical (unpaired) electrons. The minimum Gasteiger partial charge on any atom is -0.0628 e. The molecule has 0 unspecified atom stereocenters. The molecular weight excluding hydrogens is 192 g/mol. The van der Waals surface area contributed by atoms with Crippen molar-refractivity contribution in [3.05, 3.63) is 0 Å². The zero-order valence-electron chi connectivity index (χ0n) is 12.2. The first-order chi connectivity index (χ1) is 7.63. The zero-order chi connectivity index (χ0) is 12.2. The number of unbranched alkanes of at least 4 members (excludes halogenated alkanes) is 7. The summed E-state index contributed by atoms with van der Waals surface area (Å²) in [5.74, 6) is 1.80. The summed E-state index contributed by atoms with van der Waals surface area (Å²) < 4.78 is 0. The van der Waals surface area contributed by atoms with Gasteiger partial charge in [0, 0.05) is 0 Å². The lowest BCUT2D eigenvalue weighted by molar-refractivity contribution is 0.492. The SMILES string of the molecule is CC(C)CCCCCCCCCCC(C)C. The Hall–Kier alpha value is 0. The summed E-state index contributed by atoms with van der Waals surface area (Å²) in [7, 11) is 0. The highest BCUT2D eigenvalue weighted by atomic mass is 14.0. The van der Waals surface area contributed by atoms with Gasteiger partial charge in [-0.1, -0.05) is 91.9 Å². The fourth-order valence-corrected chi connectivity index (χ4v) is 2.17. The third-order valence-corrected chi connectivity index (χ3v) is 3.31. The fourth-order valence-electron chi connectivity index (χ4n) is 2.17. The Morgan fingerprint density at radius 3 is 0.938 bits per heavy atom. The highest BCUT2D eigenvalue weighted by Crippen LogP contribution is 2.14. The van der Waals surface area contributed by atoms with Gasteiger partial charge in [0.25, 0.3) is 0 Å². The predicted molar refractivity (Wildman–Crippen MR) is 75.8 cm³/mol. The second kappa shape index (κ2) is 11.5. The van der Waals surface area contributed by atoms with E-state index in [9.17, 15) is 0 Å². The molecule has 98 valence electrons. The summed E-state index contributed by atoms with van der Waals surface area (Å²) in [6, 6.07) is 0. The summed E-state index contributed by atoms with van der Waals surface area (Å²) in [4.78, 5) is 0. The molecule has 0 rings (SSSR count). The van der Waals surface area contributed by atoms with E-state index in [0.29, 0.717) is 0 Å². The van der Waals surface area contributed by atoms with E-state index in [-0.39, 0.29) is 0 Å². The van der Waals surface area contributed by atoms with E-state index in [1.54, 1.807) is 0 Å².